The molecule has 4 heteroatoms. The maximum Gasteiger partial charge on any atom is 0.310 e. The van der Waals surface area contributed by atoms with Crippen LogP contribution in [0.4, 0.5) is 0 Å². The van der Waals surface area contributed by atoms with Gasteiger partial charge in [0, 0.05) is 0 Å². The minimum Gasteiger partial charge on any atom is -0.465 e. The van der Waals surface area contributed by atoms with Crippen molar-refractivity contribution in [3.63, 3.8) is 0 Å². The Bertz CT molecular complexity index is 421. The monoisotopic (exact) mass is 396 g/mol. The lowest BCUT2D eigenvalue weighted by Crippen LogP contribution is -2.36. The summed E-state index contributed by atoms with van der Waals surface area (Å²) in [7, 11) is 0. The molecule has 1 aliphatic carbocycles. The van der Waals surface area contributed by atoms with Crippen molar-refractivity contribution in [1.82, 2.24) is 0 Å². The van der Waals surface area contributed by atoms with Crippen molar-refractivity contribution in [2.24, 2.45) is 11.8 Å². The van der Waals surface area contributed by atoms with Gasteiger partial charge in [-0.1, -0.05) is 85.0 Å². The van der Waals surface area contributed by atoms with Crippen LogP contribution in [0, 0.1) is 11.8 Å². The smallest absolute Gasteiger partial charge is 0.310 e. The molecule has 1 aliphatic rings. The second-order valence-electron chi connectivity index (χ2n) is 8.42. The van der Waals surface area contributed by atoms with Gasteiger partial charge in [-0.2, -0.15) is 0 Å². The third-order valence-electron chi connectivity index (χ3n) is 5.89. The highest BCUT2D eigenvalue weighted by Crippen LogP contribution is 2.33. The van der Waals surface area contributed by atoms with Crippen molar-refractivity contribution in [2.45, 2.75) is 123 Å². The highest BCUT2D eigenvalue weighted by Gasteiger charge is 2.38. The second kappa shape index (κ2) is 15.8. The van der Waals surface area contributed by atoms with E-state index in [0.717, 1.165) is 70.6 Å². The normalized spacial score (nSPS) is 20.5. The first-order chi connectivity index (χ1) is 13.6. The zero-order valence-corrected chi connectivity index (χ0v) is 18.7. The van der Waals surface area contributed by atoms with Gasteiger partial charge in [-0.15, -0.1) is 0 Å². The minimum absolute atomic E-state index is 0.000771. The van der Waals surface area contributed by atoms with Crippen LogP contribution in [0.25, 0.3) is 0 Å². The average molecular weight is 397 g/mol. The molecule has 164 valence electrons. The minimum atomic E-state index is -0.313. The van der Waals surface area contributed by atoms with E-state index < -0.39 is 0 Å². The Kier molecular flexibility index (Phi) is 14.1. The number of hydrogen-bond acceptors (Lipinski definition) is 4. The molecule has 0 amide bonds. The highest BCUT2D eigenvalue weighted by atomic mass is 16.5. The zero-order valence-electron chi connectivity index (χ0n) is 18.7. The Balaban J connectivity index is 2.45. The maximum atomic E-state index is 12.8. The molecule has 3 unspecified atom stereocenters. The summed E-state index contributed by atoms with van der Waals surface area (Å²) in [5.74, 6) is -0.979. The third kappa shape index (κ3) is 9.93. The first kappa shape index (κ1) is 25.0. The molecular weight excluding hydrogens is 352 g/mol. The lowest BCUT2D eigenvalue weighted by Gasteiger charge is -2.30. The fraction of sp³-hybridized carbons (Fsp3) is 0.917. The Labute approximate surface area is 173 Å². The van der Waals surface area contributed by atoms with E-state index in [4.69, 9.17) is 9.47 Å². The lowest BCUT2D eigenvalue weighted by molar-refractivity contribution is -0.166. The molecule has 1 rings (SSSR count). The van der Waals surface area contributed by atoms with Crippen LogP contribution < -0.4 is 0 Å². The molecule has 1 saturated carbocycles. The summed E-state index contributed by atoms with van der Waals surface area (Å²) < 4.78 is 11.4. The van der Waals surface area contributed by atoms with Crippen molar-refractivity contribution in [1.29, 1.82) is 0 Å². The van der Waals surface area contributed by atoms with Crippen LogP contribution >= 0.6 is 0 Å². The fourth-order valence-electron chi connectivity index (χ4n) is 4.12. The number of esters is 2. The van der Waals surface area contributed by atoms with Crippen molar-refractivity contribution >= 4 is 11.9 Å². The van der Waals surface area contributed by atoms with Crippen LogP contribution in [-0.2, 0) is 19.1 Å². The van der Waals surface area contributed by atoms with E-state index in [1.807, 2.05) is 0 Å². The number of rotatable bonds is 15. The molecule has 0 bridgehead atoms. The van der Waals surface area contributed by atoms with E-state index in [1.54, 1.807) is 0 Å². The van der Waals surface area contributed by atoms with Crippen molar-refractivity contribution in [2.75, 3.05) is 6.61 Å². The Morgan fingerprint density at radius 3 is 2.00 bits per heavy atom. The summed E-state index contributed by atoms with van der Waals surface area (Å²) in [6.45, 7) is 6.97. The van der Waals surface area contributed by atoms with Crippen LogP contribution in [0.5, 0.6) is 0 Å². The van der Waals surface area contributed by atoms with Gasteiger partial charge in [-0.3, -0.25) is 9.59 Å². The summed E-state index contributed by atoms with van der Waals surface area (Å²) >= 11 is 0. The SMILES string of the molecule is CCCCCCCCOC(=O)C1CCCCC1C(=O)OC(CCC)CCCC. The van der Waals surface area contributed by atoms with Crippen molar-refractivity contribution in [3.8, 4) is 0 Å². The zero-order chi connectivity index (χ0) is 20.6. The van der Waals surface area contributed by atoms with Crippen LogP contribution in [0.2, 0.25) is 0 Å². The first-order valence-electron chi connectivity index (χ1n) is 12.0. The maximum absolute atomic E-state index is 12.8. The summed E-state index contributed by atoms with van der Waals surface area (Å²) in [4.78, 5) is 25.4. The number of hydrogen-bond donors (Lipinski definition) is 0. The summed E-state index contributed by atoms with van der Waals surface area (Å²) in [5.41, 5.74) is 0. The summed E-state index contributed by atoms with van der Waals surface area (Å²) in [6, 6.07) is 0. The molecule has 1 fully saturated rings. The standard InChI is InChI=1S/C24H44O4/c1-4-7-9-10-11-14-19-27-23(25)21-17-12-13-18-22(21)24(26)28-20(15-6-3)16-8-5-2/h20-22H,4-19H2,1-3H3. The van der Waals surface area contributed by atoms with E-state index in [-0.39, 0.29) is 29.9 Å². The molecule has 0 aromatic heterocycles. The van der Waals surface area contributed by atoms with Crippen LogP contribution in [-0.4, -0.2) is 24.6 Å². The average Bonchev–Trinajstić information content (AvgIpc) is 2.71. The molecule has 0 aliphatic heterocycles. The molecule has 0 N–H and O–H groups in total. The number of unbranched alkanes of at least 4 members (excludes halogenated alkanes) is 6. The Morgan fingerprint density at radius 1 is 0.750 bits per heavy atom. The van der Waals surface area contributed by atoms with Gasteiger partial charge >= 0.3 is 11.9 Å². The number of carbonyl (C=O) groups is 2. The molecule has 0 heterocycles. The van der Waals surface area contributed by atoms with Crippen LogP contribution in [0.3, 0.4) is 0 Å². The lowest BCUT2D eigenvalue weighted by atomic mass is 9.79. The van der Waals surface area contributed by atoms with Gasteiger partial charge in [-0.05, 0) is 32.1 Å². The van der Waals surface area contributed by atoms with E-state index in [1.165, 1.54) is 25.7 Å². The molecule has 0 aromatic carbocycles. The van der Waals surface area contributed by atoms with Crippen LogP contribution in [0.15, 0.2) is 0 Å². The quantitative estimate of drug-likeness (QED) is 0.231. The van der Waals surface area contributed by atoms with E-state index in [9.17, 15) is 9.59 Å². The van der Waals surface area contributed by atoms with Gasteiger partial charge in [0.15, 0.2) is 0 Å². The van der Waals surface area contributed by atoms with E-state index in [2.05, 4.69) is 20.8 Å². The predicted octanol–water partition coefficient (Wildman–Crippen LogP) is 6.60. The molecule has 3 atom stereocenters. The van der Waals surface area contributed by atoms with E-state index >= 15 is 0 Å². The Hall–Kier alpha value is -1.06. The molecule has 0 aromatic rings. The largest absolute Gasteiger partial charge is 0.465 e. The van der Waals surface area contributed by atoms with Gasteiger partial charge in [0.2, 0.25) is 0 Å². The number of ether oxygens (including phenoxy) is 2. The molecule has 0 saturated heterocycles. The molecule has 28 heavy (non-hydrogen) atoms. The molecule has 4 nitrogen and oxygen atoms in total. The highest BCUT2D eigenvalue weighted by molar-refractivity contribution is 5.82. The van der Waals surface area contributed by atoms with E-state index in [0.29, 0.717) is 6.61 Å². The van der Waals surface area contributed by atoms with Crippen molar-refractivity contribution < 1.29 is 19.1 Å². The molecular formula is C24H44O4. The first-order valence-corrected chi connectivity index (χ1v) is 12.0. The predicted molar refractivity (Wildman–Crippen MR) is 114 cm³/mol. The van der Waals surface area contributed by atoms with Gasteiger partial charge in [0.1, 0.15) is 6.10 Å². The van der Waals surface area contributed by atoms with Gasteiger partial charge in [-0.25, -0.2) is 0 Å². The summed E-state index contributed by atoms with van der Waals surface area (Å²) in [5, 5.41) is 0. The van der Waals surface area contributed by atoms with Crippen molar-refractivity contribution in [3.05, 3.63) is 0 Å². The van der Waals surface area contributed by atoms with Gasteiger partial charge in [0.25, 0.3) is 0 Å². The topological polar surface area (TPSA) is 52.6 Å². The van der Waals surface area contributed by atoms with Gasteiger partial charge in [0.05, 0.1) is 18.4 Å². The third-order valence-corrected chi connectivity index (χ3v) is 5.89. The second-order valence-corrected chi connectivity index (χ2v) is 8.42. The fourth-order valence-corrected chi connectivity index (χ4v) is 4.12. The number of carbonyl (C=O) groups excluding carboxylic acids is 2. The molecule has 0 radical (unpaired) electrons. The van der Waals surface area contributed by atoms with Crippen LogP contribution in [0.1, 0.15) is 117 Å². The molecule has 0 spiro atoms. The Morgan fingerprint density at radius 2 is 1.36 bits per heavy atom. The summed E-state index contributed by atoms with van der Waals surface area (Å²) in [6.07, 6.45) is 15.5. The van der Waals surface area contributed by atoms with Gasteiger partial charge < -0.3 is 9.47 Å².